The first kappa shape index (κ1) is 18.3. The zero-order chi connectivity index (χ0) is 17.0. The van der Waals surface area contributed by atoms with Gasteiger partial charge in [-0.25, -0.2) is 10.7 Å². The summed E-state index contributed by atoms with van der Waals surface area (Å²) in [7, 11) is 1.60. The average molecular weight is 310 g/mol. The molecule has 0 aliphatic carbocycles. The van der Waals surface area contributed by atoms with Crippen LogP contribution in [0.1, 0.15) is 40.2 Å². The van der Waals surface area contributed by atoms with Gasteiger partial charge in [0, 0.05) is 16.7 Å². The Morgan fingerprint density at radius 2 is 1.86 bits per heavy atom. The molecule has 124 valence electrons. The fraction of sp³-hybridized carbons (Fsp3) is 0.562. The Morgan fingerprint density at radius 3 is 2.36 bits per heavy atom. The van der Waals surface area contributed by atoms with Crippen LogP contribution in [0.25, 0.3) is 0 Å². The summed E-state index contributed by atoms with van der Waals surface area (Å²) in [5.41, 5.74) is 0.585. The third-order valence-electron chi connectivity index (χ3n) is 3.02. The van der Waals surface area contributed by atoms with E-state index in [1.54, 1.807) is 19.2 Å². The number of rotatable bonds is 5. The lowest BCUT2D eigenvalue weighted by Gasteiger charge is -2.26. The molecule has 1 aromatic rings. The molecule has 1 aromatic carbocycles. The standard InChI is InChI=1S/C16H26N2O4/c1-15(2,3)22-14(19)18-11-7-8-13(20-6)12(9-11)16(4,5)10-21-17/h7-9H,10,17H2,1-6H3,(H,18,19). The van der Waals surface area contributed by atoms with Crippen LogP contribution in [0.5, 0.6) is 5.75 Å². The number of amides is 1. The summed E-state index contributed by atoms with van der Waals surface area (Å²) < 4.78 is 10.6. The Hall–Kier alpha value is -1.79. The second-order valence-corrected chi connectivity index (χ2v) is 6.74. The molecule has 6 heteroatoms. The van der Waals surface area contributed by atoms with Gasteiger partial charge in [-0.3, -0.25) is 5.32 Å². The molecule has 1 amide bonds. The smallest absolute Gasteiger partial charge is 0.412 e. The molecule has 0 heterocycles. The van der Waals surface area contributed by atoms with Crippen molar-refractivity contribution in [1.82, 2.24) is 0 Å². The fourth-order valence-corrected chi connectivity index (χ4v) is 2.02. The second-order valence-electron chi connectivity index (χ2n) is 6.74. The van der Waals surface area contributed by atoms with Gasteiger partial charge in [0.2, 0.25) is 0 Å². The van der Waals surface area contributed by atoms with E-state index in [4.69, 9.17) is 20.2 Å². The predicted octanol–water partition coefficient (Wildman–Crippen LogP) is 3.21. The van der Waals surface area contributed by atoms with Crippen molar-refractivity contribution in [3.8, 4) is 5.75 Å². The number of hydrogen-bond acceptors (Lipinski definition) is 5. The zero-order valence-electron chi connectivity index (χ0n) is 14.1. The lowest BCUT2D eigenvalue weighted by molar-refractivity contribution is 0.0636. The molecule has 0 aliphatic rings. The number of methoxy groups -OCH3 is 1. The number of carbonyl (C=O) groups excluding carboxylic acids is 1. The van der Waals surface area contributed by atoms with E-state index in [2.05, 4.69) is 5.32 Å². The Bertz CT molecular complexity index is 521. The molecule has 0 radical (unpaired) electrons. The highest BCUT2D eigenvalue weighted by Crippen LogP contribution is 2.34. The highest BCUT2D eigenvalue weighted by Gasteiger charge is 2.26. The summed E-state index contributed by atoms with van der Waals surface area (Å²) in [5, 5.41) is 2.72. The minimum atomic E-state index is -0.550. The van der Waals surface area contributed by atoms with Crippen LogP contribution in [0, 0.1) is 0 Å². The second kappa shape index (κ2) is 6.98. The van der Waals surface area contributed by atoms with Crippen molar-refractivity contribution in [2.45, 2.75) is 45.6 Å². The molecule has 0 bridgehead atoms. The number of nitrogens with two attached hydrogens (primary N) is 1. The summed E-state index contributed by atoms with van der Waals surface area (Å²) in [6, 6.07) is 5.38. The first-order valence-electron chi connectivity index (χ1n) is 7.09. The maximum atomic E-state index is 11.9. The van der Waals surface area contributed by atoms with Crippen molar-refractivity contribution in [2.24, 2.45) is 5.90 Å². The van der Waals surface area contributed by atoms with Crippen LogP contribution in [-0.2, 0) is 15.0 Å². The van der Waals surface area contributed by atoms with Gasteiger partial charge in [-0.1, -0.05) is 13.8 Å². The molecule has 1 rings (SSSR count). The molecule has 0 saturated heterocycles. The molecule has 0 unspecified atom stereocenters. The van der Waals surface area contributed by atoms with Crippen molar-refractivity contribution in [2.75, 3.05) is 19.0 Å². The molecule has 22 heavy (non-hydrogen) atoms. The van der Waals surface area contributed by atoms with Gasteiger partial charge in [0.05, 0.1) is 13.7 Å². The van der Waals surface area contributed by atoms with Crippen molar-refractivity contribution in [1.29, 1.82) is 0 Å². The van der Waals surface area contributed by atoms with E-state index in [0.29, 0.717) is 18.0 Å². The molecule has 3 N–H and O–H groups in total. The molecule has 6 nitrogen and oxygen atoms in total. The van der Waals surface area contributed by atoms with Gasteiger partial charge in [0.15, 0.2) is 0 Å². The topological polar surface area (TPSA) is 82.8 Å². The van der Waals surface area contributed by atoms with Crippen molar-refractivity contribution in [3.05, 3.63) is 23.8 Å². The number of anilines is 1. The molecule has 0 aliphatic heterocycles. The summed E-state index contributed by atoms with van der Waals surface area (Å²) in [5.74, 6) is 5.91. The van der Waals surface area contributed by atoms with Crippen LogP contribution < -0.4 is 16.0 Å². The summed E-state index contributed by atoms with van der Waals surface area (Å²) in [4.78, 5) is 16.6. The van der Waals surface area contributed by atoms with Gasteiger partial charge < -0.3 is 14.3 Å². The van der Waals surface area contributed by atoms with Crippen LogP contribution in [0.3, 0.4) is 0 Å². The van der Waals surface area contributed by atoms with Crippen molar-refractivity contribution < 1.29 is 19.1 Å². The molecule has 0 saturated carbocycles. The van der Waals surface area contributed by atoms with Gasteiger partial charge >= 0.3 is 6.09 Å². The van der Waals surface area contributed by atoms with Gasteiger partial charge in [0.1, 0.15) is 11.4 Å². The number of ether oxygens (including phenoxy) is 2. The SMILES string of the molecule is COc1ccc(NC(=O)OC(C)(C)C)cc1C(C)(C)CON. The van der Waals surface area contributed by atoms with E-state index < -0.39 is 11.7 Å². The Balaban J connectivity index is 3.02. The third-order valence-corrected chi connectivity index (χ3v) is 3.02. The van der Waals surface area contributed by atoms with Crippen molar-refractivity contribution >= 4 is 11.8 Å². The number of hydrogen-bond donors (Lipinski definition) is 2. The number of carbonyl (C=O) groups is 1. The maximum absolute atomic E-state index is 11.9. The number of nitrogens with one attached hydrogen (secondary N) is 1. The van der Waals surface area contributed by atoms with E-state index in [0.717, 1.165) is 5.56 Å². The van der Waals surface area contributed by atoms with Gasteiger partial charge in [-0.15, -0.1) is 0 Å². The molecule has 0 aromatic heterocycles. The van der Waals surface area contributed by atoms with Crippen LogP contribution in [0.4, 0.5) is 10.5 Å². The van der Waals surface area contributed by atoms with E-state index in [1.807, 2.05) is 40.7 Å². The largest absolute Gasteiger partial charge is 0.496 e. The summed E-state index contributed by atoms with van der Waals surface area (Å²) >= 11 is 0. The molecule has 0 spiro atoms. The third kappa shape index (κ3) is 5.20. The lowest BCUT2D eigenvalue weighted by Crippen LogP contribution is -2.28. The minimum Gasteiger partial charge on any atom is -0.496 e. The Kier molecular flexibility index (Phi) is 5.79. The normalized spacial score (nSPS) is 12.0. The Morgan fingerprint density at radius 1 is 1.23 bits per heavy atom. The Labute approximate surface area is 131 Å². The highest BCUT2D eigenvalue weighted by atomic mass is 16.6. The molecule has 0 atom stereocenters. The fourth-order valence-electron chi connectivity index (χ4n) is 2.02. The van der Waals surface area contributed by atoms with E-state index in [9.17, 15) is 4.79 Å². The quantitative estimate of drug-likeness (QED) is 0.816. The highest BCUT2D eigenvalue weighted by molar-refractivity contribution is 5.85. The van der Waals surface area contributed by atoms with E-state index in [-0.39, 0.29) is 5.41 Å². The average Bonchev–Trinajstić information content (AvgIpc) is 2.36. The summed E-state index contributed by atoms with van der Waals surface area (Å²) in [6.07, 6.45) is -0.503. The zero-order valence-corrected chi connectivity index (χ0v) is 14.1. The summed E-state index contributed by atoms with van der Waals surface area (Å²) in [6.45, 7) is 9.72. The van der Waals surface area contributed by atoms with Crippen LogP contribution in [0.15, 0.2) is 18.2 Å². The maximum Gasteiger partial charge on any atom is 0.412 e. The lowest BCUT2D eigenvalue weighted by atomic mass is 9.84. The first-order chi connectivity index (χ1) is 10.1. The van der Waals surface area contributed by atoms with Gasteiger partial charge in [-0.05, 0) is 39.0 Å². The molecule has 0 fully saturated rings. The van der Waals surface area contributed by atoms with Crippen molar-refractivity contribution in [3.63, 3.8) is 0 Å². The predicted molar refractivity (Wildman–Crippen MR) is 86.0 cm³/mol. The van der Waals surface area contributed by atoms with E-state index >= 15 is 0 Å². The van der Waals surface area contributed by atoms with Crippen LogP contribution in [-0.4, -0.2) is 25.4 Å². The van der Waals surface area contributed by atoms with E-state index in [1.165, 1.54) is 0 Å². The number of benzene rings is 1. The van der Waals surface area contributed by atoms with Gasteiger partial charge in [0.25, 0.3) is 0 Å². The minimum absolute atomic E-state index is 0.319. The monoisotopic (exact) mass is 310 g/mol. The van der Waals surface area contributed by atoms with Crippen LogP contribution >= 0.6 is 0 Å². The molecular formula is C16H26N2O4. The van der Waals surface area contributed by atoms with Crippen LogP contribution in [0.2, 0.25) is 0 Å². The molecular weight excluding hydrogens is 284 g/mol. The van der Waals surface area contributed by atoms with Gasteiger partial charge in [-0.2, -0.15) is 0 Å². The first-order valence-corrected chi connectivity index (χ1v) is 7.09.